The monoisotopic (exact) mass is 246 g/mol. The average molecular weight is 246 g/mol. The van der Waals surface area contributed by atoms with Crippen molar-refractivity contribution in [1.82, 2.24) is 4.98 Å². The Kier molecular flexibility index (Phi) is 3.88. The van der Waals surface area contributed by atoms with E-state index in [0.29, 0.717) is 17.3 Å². The average Bonchev–Trinajstić information content (AvgIpc) is 2.33. The first kappa shape index (κ1) is 11.8. The molecule has 0 aliphatic heterocycles. The van der Waals surface area contributed by atoms with Crippen LogP contribution < -0.4 is 5.73 Å². The molecule has 1 aromatic heterocycles. The third kappa shape index (κ3) is 3.67. The lowest BCUT2D eigenvalue weighted by Gasteiger charge is -2.03. The van der Waals surface area contributed by atoms with Crippen LogP contribution in [-0.4, -0.2) is 9.19 Å². The molecule has 2 N–H and O–H groups in total. The van der Waals surface area contributed by atoms with Crippen LogP contribution in [0.4, 0.5) is 5.82 Å². The van der Waals surface area contributed by atoms with E-state index in [2.05, 4.69) is 4.98 Å². The molecular formula is C13H14N2OS. The summed E-state index contributed by atoms with van der Waals surface area (Å²) in [5.41, 5.74) is 7.54. The molecule has 0 saturated heterocycles. The minimum Gasteiger partial charge on any atom is -0.384 e. The Balaban J connectivity index is 1.96. The van der Waals surface area contributed by atoms with Crippen molar-refractivity contribution in [3.8, 4) is 0 Å². The molecule has 1 unspecified atom stereocenters. The van der Waals surface area contributed by atoms with Crippen LogP contribution in [-0.2, 0) is 22.3 Å². The summed E-state index contributed by atoms with van der Waals surface area (Å²) in [6.45, 7) is 0. The second kappa shape index (κ2) is 5.59. The Morgan fingerprint density at radius 1 is 1.00 bits per heavy atom. The highest BCUT2D eigenvalue weighted by Gasteiger charge is 2.03. The van der Waals surface area contributed by atoms with E-state index in [0.717, 1.165) is 11.1 Å². The van der Waals surface area contributed by atoms with Gasteiger partial charge < -0.3 is 5.73 Å². The molecule has 3 nitrogen and oxygen atoms in total. The van der Waals surface area contributed by atoms with Gasteiger partial charge in [0.1, 0.15) is 5.82 Å². The number of nitrogens with zero attached hydrogens (tertiary/aromatic N) is 1. The zero-order valence-corrected chi connectivity index (χ0v) is 10.2. The molecule has 0 aliphatic rings. The van der Waals surface area contributed by atoms with E-state index in [1.165, 1.54) is 0 Å². The van der Waals surface area contributed by atoms with Crippen LogP contribution in [0.5, 0.6) is 0 Å². The fourth-order valence-electron chi connectivity index (χ4n) is 1.52. The van der Waals surface area contributed by atoms with Gasteiger partial charge in [0.2, 0.25) is 0 Å². The van der Waals surface area contributed by atoms with Crippen molar-refractivity contribution in [2.24, 2.45) is 0 Å². The molecule has 1 aromatic carbocycles. The molecule has 0 spiro atoms. The van der Waals surface area contributed by atoms with Gasteiger partial charge in [0.15, 0.2) is 0 Å². The van der Waals surface area contributed by atoms with Crippen LogP contribution >= 0.6 is 0 Å². The van der Waals surface area contributed by atoms with E-state index in [-0.39, 0.29) is 0 Å². The minimum atomic E-state index is -0.909. The molecule has 88 valence electrons. The third-order valence-electron chi connectivity index (χ3n) is 2.35. The molecule has 1 atom stereocenters. The van der Waals surface area contributed by atoms with Crippen LogP contribution in [0, 0.1) is 0 Å². The number of nitrogens with two attached hydrogens (primary N) is 1. The van der Waals surface area contributed by atoms with Crippen LogP contribution in [0.1, 0.15) is 11.1 Å². The van der Waals surface area contributed by atoms with Crippen molar-refractivity contribution in [2.75, 3.05) is 5.73 Å². The molecule has 2 rings (SSSR count). The second-order valence-electron chi connectivity index (χ2n) is 3.81. The van der Waals surface area contributed by atoms with Gasteiger partial charge in [0.05, 0.1) is 5.75 Å². The lowest BCUT2D eigenvalue weighted by Crippen LogP contribution is -2.00. The molecule has 0 fully saturated rings. The quantitative estimate of drug-likeness (QED) is 0.899. The number of nitrogen functional groups attached to an aromatic ring is 1. The highest BCUT2D eigenvalue weighted by Crippen LogP contribution is 2.09. The van der Waals surface area contributed by atoms with E-state index < -0.39 is 10.8 Å². The third-order valence-corrected chi connectivity index (χ3v) is 3.66. The predicted octanol–water partition coefficient (Wildman–Crippen LogP) is 2.11. The Morgan fingerprint density at radius 3 is 2.35 bits per heavy atom. The molecule has 0 saturated carbocycles. The molecule has 0 radical (unpaired) electrons. The predicted molar refractivity (Wildman–Crippen MR) is 70.6 cm³/mol. The first-order valence-electron chi connectivity index (χ1n) is 5.33. The number of benzene rings is 1. The van der Waals surface area contributed by atoms with E-state index in [9.17, 15) is 4.21 Å². The van der Waals surface area contributed by atoms with Gasteiger partial charge in [-0.2, -0.15) is 0 Å². The van der Waals surface area contributed by atoms with Crippen molar-refractivity contribution in [2.45, 2.75) is 11.5 Å². The summed E-state index contributed by atoms with van der Waals surface area (Å²) < 4.78 is 11.9. The molecule has 17 heavy (non-hydrogen) atoms. The van der Waals surface area contributed by atoms with Gasteiger partial charge in [-0.3, -0.25) is 4.21 Å². The molecule has 1 heterocycles. The zero-order chi connectivity index (χ0) is 12.1. The normalized spacial score (nSPS) is 12.2. The van der Waals surface area contributed by atoms with Crippen LogP contribution in [0.25, 0.3) is 0 Å². The molecule has 4 heteroatoms. The summed E-state index contributed by atoms with van der Waals surface area (Å²) in [6, 6.07) is 13.4. The lowest BCUT2D eigenvalue weighted by molar-refractivity contribution is 0.682. The van der Waals surface area contributed by atoms with E-state index in [1.807, 2.05) is 36.4 Å². The van der Waals surface area contributed by atoms with Crippen LogP contribution in [0.15, 0.2) is 48.7 Å². The topological polar surface area (TPSA) is 56.0 Å². The molecule has 2 aromatic rings. The highest BCUT2D eigenvalue weighted by molar-refractivity contribution is 7.83. The van der Waals surface area contributed by atoms with Crippen molar-refractivity contribution in [3.63, 3.8) is 0 Å². The van der Waals surface area contributed by atoms with Crippen molar-refractivity contribution in [1.29, 1.82) is 0 Å². The number of hydrogen-bond acceptors (Lipinski definition) is 3. The van der Waals surface area contributed by atoms with Crippen LogP contribution in [0.2, 0.25) is 0 Å². The van der Waals surface area contributed by atoms with Crippen LogP contribution in [0.3, 0.4) is 0 Å². The number of rotatable bonds is 4. The fourth-order valence-corrected chi connectivity index (χ4v) is 2.73. The van der Waals surface area contributed by atoms with Gasteiger partial charge in [0.25, 0.3) is 0 Å². The zero-order valence-electron chi connectivity index (χ0n) is 9.37. The summed E-state index contributed by atoms with van der Waals surface area (Å²) in [7, 11) is -0.909. The summed E-state index contributed by atoms with van der Waals surface area (Å²) in [5.74, 6) is 1.58. The summed E-state index contributed by atoms with van der Waals surface area (Å²) >= 11 is 0. The summed E-state index contributed by atoms with van der Waals surface area (Å²) in [6.07, 6.45) is 1.68. The number of pyridine rings is 1. The fraction of sp³-hybridized carbons (Fsp3) is 0.154. The number of anilines is 1. The van der Waals surface area contributed by atoms with Gasteiger partial charge in [-0.05, 0) is 17.2 Å². The van der Waals surface area contributed by atoms with Gasteiger partial charge in [-0.25, -0.2) is 4.98 Å². The van der Waals surface area contributed by atoms with E-state index in [4.69, 9.17) is 5.73 Å². The van der Waals surface area contributed by atoms with Gasteiger partial charge in [0, 0.05) is 22.7 Å². The van der Waals surface area contributed by atoms with Crippen molar-refractivity contribution >= 4 is 16.6 Å². The molecular weight excluding hydrogens is 232 g/mol. The summed E-state index contributed by atoms with van der Waals surface area (Å²) in [5, 5.41) is 0. The Bertz CT molecular complexity index is 497. The maximum absolute atomic E-state index is 11.9. The first-order chi connectivity index (χ1) is 8.24. The maximum Gasteiger partial charge on any atom is 0.123 e. The Labute approximate surface area is 103 Å². The van der Waals surface area contributed by atoms with E-state index in [1.54, 1.807) is 12.3 Å². The Hall–Kier alpha value is -1.68. The highest BCUT2D eigenvalue weighted by atomic mass is 32.2. The van der Waals surface area contributed by atoms with Gasteiger partial charge >= 0.3 is 0 Å². The van der Waals surface area contributed by atoms with Gasteiger partial charge in [-0.1, -0.05) is 36.4 Å². The van der Waals surface area contributed by atoms with E-state index >= 15 is 0 Å². The van der Waals surface area contributed by atoms with Crippen molar-refractivity contribution in [3.05, 3.63) is 59.8 Å². The molecule has 0 bridgehead atoms. The number of hydrogen-bond donors (Lipinski definition) is 1. The molecule has 0 amide bonds. The standard InChI is InChI=1S/C13H14N2OS/c14-13-7-6-12(8-15-13)10-17(16)9-11-4-2-1-3-5-11/h1-8H,9-10H2,(H2,14,15). The lowest BCUT2D eigenvalue weighted by atomic mass is 10.2. The number of aromatic nitrogens is 1. The smallest absolute Gasteiger partial charge is 0.123 e. The first-order valence-corrected chi connectivity index (χ1v) is 6.82. The maximum atomic E-state index is 11.9. The van der Waals surface area contributed by atoms with Crippen molar-refractivity contribution < 1.29 is 4.21 Å². The molecule has 0 aliphatic carbocycles. The summed E-state index contributed by atoms with van der Waals surface area (Å²) in [4.78, 5) is 3.98. The SMILES string of the molecule is Nc1ccc(CS(=O)Cc2ccccc2)cn1. The minimum absolute atomic E-state index is 0.489. The van der Waals surface area contributed by atoms with Gasteiger partial charge in [-0.15, -0.1) is 0 Å². The largest absolute Gasteiger partial charge is 0.384 e. The Morgan fingerprint density at radius 2 is 1.71 bits per heavy atom. The second-order valence-corrected chi connectivity index (χ2v) is 5.26.